The van der Waals surface area contributed by atoms with E-state index in [4.69, 9.17) is 32.7 Å². The van der Waals surface area contributed by atoms with Crippen molar-refractivity contribution in [3.05, 3.63) is 80.2 Å². The largest absolute Gasteiger partial charge is 0.493 e. The molecule has 1 aliphatic heterocycles. The lowest BCUT2D eigenvalue weighted by Crippen LogP contribution is -2.29. The highest BCUT2D eigenvalue weighted by atomic mass is 79.9. The Bertz CT molecular complexity index is 1090. The number of benzene rings is 3. The van der Waals surface area contributed by atoms with Gasteiger partial charge < -0.3 is 19.7 Å². The van der Waals surface area contributed by atoms with Gasteiger partial charge in [0.1, 0.15) is 6.61 Å². The molecule has 4 rings (SSSR count). The van der Waals surface area contributed by atoms with Crippen molar-refractivity contribution in [3.63, 3.8) is 0 Å². The van der Waals surface area contributed by atoms with Gasteiger partial charge in [-0.2, -0.15) is 0 Å². The van der Waals surface area contributed by atoms with E-state index in [-0.39, 0.29) is 0 Å². The smallest absolute Gasteiger partial charge is 0.175 e. The highest BCUT2D eigenvalue weighted by Crippen LogP contribution is 2.38. The van der Waals surface area contributed by atoms with Crippen LogP contribution in [0.1, 0.15) is 30.4 Å². The number of nitrogens with one attached hydrogen (secondary N) is 1. The van der Waals surface area contributed by atoms with E-state index in [1.807, 2.05) is 42.5 Å². The van der Waals surface area contributed by atoms with Gasteiger partial charge in [0.05, 0.1) is 22.3 Å². The van der Waals surface area contributed by atoms with Crippen molar-refractivity contribution in [3.8, 4) is 11.5 Å². The third-order valence-corrected chi connectivity index (χ3v) is 6.87. The normalized spacial score (nSPS) is 13.6. The Kier molecular flexibility index (Phi) is 8.29. The highest BCUT2D eigenvalue weighted by Gasteiger charge is 2.15. The molecule has 0 aromatic heterocycles. The van der Waals surface area contributed by atoms with Gasteiger partial charge in [0.25, 0.3) is 0 Å². The maximum Gasteiger partial charge on any atom is 0.175 e. The second-order valence-corrected chi connectivity index (χ2v) is 9.79. The quantitative estimate of drug-likeness (QED) is 0.309. The van der Waals surface area contributed by atoms with E-state index in [1.165, 1.54) is 19.3 Å². The minimum atomic E-state index is 0.422. The number of rotatable bonds is 8. The Hall–Kier alpha value is -2.08. The maximum absolute atomic E-state index is 6.60. The van der Waals surface area contributed by atoms with Crippen molar-refractivity contribution in [1.82, 2.24) is 0 Å². The van der Waals surface area contributed by atoms with Crippen LogP contribution in [0.25, 0.3) is 0 Å². The Morgan fingerprint density at radius 1 is 0.939 bits per heavy atom. The second-order valence-electron chi connectivity index (χ2n) is 8.09. The molecule has 1 aliphatic rings. The summed E-state index contributed by atoms with van der Waals surface area (Å²) in [6, 6.07) is 17.8. The van der Waals surface area contributed by atoms with Gasteiger partial charge >= 0.3 is 0 Å². The minimum Gasteiger partial charge on any atom is -0.493 e. The molecule has 33 heavy (non-hydrogen) atoms. The molecule has 0 spiro atoms. The molecule has 4 nitrogen and oxygen atoms in total. The van der Waals surface area contributed by atoms with Gasteiger partial charge in [-0.25, -0.2) is 0 Å². The van der Waals surface area contributed by atoms with Crippen molar-refractivity contribution < 1.29 is 9.47 Å². The Morgan fingerprint density at radius 2 is 1.70 bits per heavy atom. The van der Waals surface area contributed by atoms with Crippen LogP contribution in [0.15, 0.2) is 59.1 Å². The molecule has 0 radical (unpaired) electrons. The van der Waals surface area contributed by atoms with Gasteiger partial charge in [-0.05, 0) is 88.8 Å². The van der Waals surface area contributed by atoms with E-state index in [1.54, 1.807) is 7.11 Å². The third-order valence-electron chi connectivity index (χ3n) is 5.73. The molecule has 0 saturated carbocycles. The summed E-state index contributed by atoms with van der Waals surface area (Å²) in [6.45, 7) is 3.21. The van der Waals surface area contributed by atoms with Gasteiger partial charge in [0.2, 0.25) is 0 Å². The van der Waals surface area contributed by atoms with E-state index < -0.39 is 0 Å². The predicted octanol–water partition coefficient (Wildman–Crippen LogP) is 7.95. The Labute approximate surface area is 213 Å². The van der Waals surface area contributed by atoms with Crippen LogP contribution in [0, 0.1) is 0 Å². The number of methoxy groups -OCH3 is 1. The Balaban J connectivity index is 1.41. The monoisotopic (exact) mass is 548 g/mol. The Morgan fingerprint density at radius 3 is 2.39 bits per heavy atom. The lowest BCUT2D eigenvalue weighted by atomic mass is 10.1. The van der Waals surface area contributed by atoms with Gasteiger partial charge in [0.15, 0.2) is 11.5 Å². The van der Waals surface area contributed by atoms with Crippen LogP contribution in [0.4, 0.5) is 11.4 Å². The maximum atomic E-state index is 6.60. The highest BCUT2D eigenvalue weighted by molar-refractivity contribution is 9.10. The summed E-state index contributed by atoms with van der Waals surface area (Å²) in [5, 5.41) is 4.95. The average Bonchev–Trinajstić information content (AvgIpc) is 2.83. The van der Waals surface area contributed by atoms with Crippen LogP contribution in [-0.2, 0) is 13.2 Å². The summed E-state index contributed by atoms with van der Waals surface area (Å²) in [6.07, 6.45) is 3.76. The van der Waals surface area contributed by atoms with E-state index >= 15 is 0 Å². The van der Waals surface area contributed by atoms with Crippen LogP contribution in [0.3, 0.4) is 0 Å². The molecule has 0 amide bonds. The molecule has 0 bridgehead atoms. The molecular formula is C26H27BrCl2N2O2. The van der Waals surface area contributed by atoms with Crippen molar-refractivity contribution >= 4 is 50.5 Å². The second kappa shape index (κ2) is 11.4. The molecule has 3 aromatic rings. The fourth-order valence-corrected chi connectivity index (χ4v) is 4.99. The number of ether oxygens (including phenoxy) is 2. The van der Waals surface area contributed by atoms with E-state index in [9.17, 15) is 0 Å². The molecule has 1 fully saturated rings. The summed E-state index contributed by atoms with van der Waals surface area (Å²) >= 11 is 16.2. The molecule has 0 atom stereocenters. The number of anilines is 2. The third kappa shape index (κ3) is 6.28. The van der Waals surface area contributed by atoms with Gasteiger partial charge in [-0.15, -0.1) is 0 Å². The van der Waals surface area contributed by atoms with E-state index in [2.05, 4.69) is 38.3 Å². The SMILES string of the molecule is COc1cc(CNc2ccc(N3CCCCC3)c(Cl)c2)cc(Br)c1OCc1ccc(Cl)cc1. The van der Waals surface area contributed by atoms with E-state index in [0.717, 1.165) is 45.1 Å². The summed E-state index contributed by atoms with van der Waals surface area (Å²) in [5.74, 6) is 1.35. The van der Waals surface area contributed by atoms with Crippen LogP contribution < -0.4 is 19.7 Å². The van der Waals surface area contributed by atoms with Crippen molar-refractivity contribution in [2.45, 2.75) is 32.4 Å². The zero-order valence-electron chi connectivity index (χ0n) is 18.5. The topological polar surface area (TPSA) is 33.7 Å². The molecular weight excluding hydrogens is 523 g/mol. The average molecular weight is 550 g/mol. The summed E-state index contributed by atoms with van der Waals surface area (Å²) < 4.78 is 12.5. The number of piperidine rings is 1. The molecule has 174 valence electrons. The minimum absolute atomic E-state index is 0.422. The summed E-state index contributed by atoms with van der Waals surface area (Å²) in [7, 11) is 1.65. The number of nitrogens with zero attached hydrogens (tertiary/aromatic N) is 1. The predicted molar refractivity (Wildman–Crippen MR) is 141 cm³/mol. The van der Waals surface area contributed by atoms with Gasteiger partial charge in [-0.3, -0.25) is 0 Å². The fraction of sp³-hybridized carbons (Fsp3) is 0.308. The van der Waals surface area contributed by atoms with Crippen LogP contribution in [0.5, 0.6) is 11.5 Å². The standard InChI is InChI=1S/C26H27BrCl2N2O2/c1-32-25-14-19(13-22(27)26(25)33-17-18-5-7-20(28)8-6-18)16-30-21-9-10-24(23(29)15-21)31-11-3-2-4-12-31/h5-10,13-15,30H,2-4,11-12,16-17H2,1H3. The van der Waals surface area contributed by atoms with Crippen molar-refractivity contribution in [2.24, 2.45) is 0 Å². The van der Waals surface area contributed by atoms with Gasteiger partial charge in [0, 0.05) is 30.3 Å². The van der Waals surface area contributed by atoms with Crippen LogP contribution in [-0.4, -0.2) is 20.2 Å². The fourth-order valence-electron chi connectivity index (χ4n) is 3.96. The molecule has 3 aromatic carbocycles. The first-order valence-corrected chi connectivity index (χ1v) is 12.6. The van der Waals surface area contributed by atoms with Crippen molar-refractivity contribution in [2.75, 3.05) is 30.4 Å². The lowest BCUT2D eigenvalue weighted by molar-refractivity contribution is 0.282. The number of halogens is 3. The molecule has 1 N–H and O–H groups in total. The molecule has 0 aliphatic carbocycles. The van der Waals surface area contributed by atoms with Gasteiger partial charge in [-0.1, -0.05) is 35.3 Å². The van der Waals surface area contributed by atoms with Crippen molar-refractivity contribution in [1.29, 1.82) is 0 Å². The number of hydrogen-bond donors (Lipinski definition) is 1. The molecule has 1 saturated heterocycles. The van der Waals surface area contributed by atoms with Crippen LogP contribution >= 0.6 is 39.1 Å². The first-order chi connectivity index (χ1) is 16.0. The van der Waals surface area contributed by atoms with E-state index in [0.29, 0.717) is 29.7 Å². The first-order valence-electron chi connectivity index (χ1n) is 11.1. The molecule has 0 unspecified atom stereocenters. The first kappa shape index (κ1) is 24.1. The zero-order valence-corrected chi connectivity index (χ0v) is 21.6. The molecule has 7 heteroatoms. The van der Waals surface area contributed by atoms with Crippen LogP contribution in [0.2, 0.25) is 10.0 Å². The zero-order chi connectivity index (χ0) is 23.2. The summed E-state index contributed by atoms with van der Waals surface area (Å²) in [5.41, 5.74) is 4.20. The molecule has 1 heterocycles. The number of hydrogen-bond acceptors (Lipinski definition) is 4. The summed E-state index contributed by atoms with van der Waals surface area (Å²) in [4.78, 5) is 2.38. The lowest BCUT2D eigenvalue weighted by Gasteiger charge is -2.29.